The van der Waals surface area contributed by atoms with Crippen LogP contribution in [-0.2, 0) is 11.2 Å². The van der Waals surface area contributed by atoms with Crippen molar-refractivity contribution < 1.29 is 9.18 Å². The van der Waals surface area contributed by atoms with Crippen LogP contribution in [0, 0.1) is 5.82 Å². The molecule has 0 aliphatic carbocycles. The number of hydrogen-bond donors (Lipinski definition) is 3. The Bertz CT molecular complexity index is 1090. The highest BCUT2D eigenvalue weighted by molar-refractivity contribution is 5.78. The number of rotatable bonds is 5. The van der Waals surface area contributed by atoms with Gasteiger partial charge in [-0.15, -0.1) is 0 Å². The van der Waals surface area contributed by atoms with Crippen LogP contribution in [0.15, 0.2) is 48.9 Å². The highest BCUT2D eigenvalue weighted by atomic mass is 19.1. The van der Waals surface area contributed by atoms with E-state index in [1.54, 1.807) is 24.7 Å². The molecule has 7 nitrogen and oxygen atoms in total. The van der Waals surface area contributed by atoms with Crippen LogP contribution in [-0.4, -0.2) is 31.1 Å². The van der Waals surface area contributed by atoms with Crippen molar-refractivity contribution in [3.05, 3.63) is 66.1 Å². The van der Waals surface area contributed by atoms with Crippen LogP contribution >= 0.6 is 0 Å². The van der Waals surface area contributed by atoms with Gasteiger partial charge in [0.25, 0.3) is 0 Å². The lowest BCUT2D eigenvalue weighted by atomic mass is 10.1. The Morgan fingerprint density at radius 2 is 2.15 bits per heavy atom. The fourth-order valence-corrected chi connectivity index (χ4v) is 3.01. The number of fused-ring (bicyclic) bond motifs is 1. The summed E-state index contributed by atoms with van der Waals surface area (Å²) in [6.07, 6.45) is 5.63. The summed E-state index contributed by atoms with van der Waals surface area (Å²) in [7, 11) is 0. The predicted octanol–water partition coefficient (Wildman–Crippen LogP) is 2.91. The van der Waals surface area contributed by atoms with Crippen molar-refractivity contribution in [1.29, 1.82) is 0 Å². The molecule has 1 amide bonds. The van der Waals surface area contributed by atoms with Gasteiger partial charge in [0.2, 0.25) is 5.91 Å². The molecule has 136 valence electrons. The molecule has 0 saturated heterocycles. The number of nitrogens with one attached hydrogen (secondary N) is 3. The van der Waals surface area contributed by atoms with Crippen molar-refractivity contribution in [2.45, 2.75) is 19.4 Å². The number of nitrogens with zero attached hydrogens (tertiary/aromatic N) is 3. The van der Waals surface area contributed by atoms with Crippen molar-refractivity contribution in [2.24, 2.45) is 0 Å². The van der Waals surface area contributed by atoms with Gasteiger partial charge in [-0.05, 0) is 30.2 Å². The number of amides is 1. The summed E-state index contributed by atoms with van der Waals surface area (Å²) in [5.74, 6) is 0.0651. The first-order chi connectivity index (χ1) is 13.1. The number of carbonyl (C=O) groups is 1. The molecule has 3 aromatic heterocycles. The van der Waals surface area contributed by atoms with Gasteiger partial charge in [-0.2, -0.15) is 5.10 Å². The van der Waals surface area contributed by atoms with Crippen molar-refractivity contribution >= 4 is 17.1 Å². The standard InChI is InChI=1S/C19H17FN6O/c1-11(27)24-16(6-12-3-2-4-15(20)5-12)19-25-17-7-13(8-21-18(17)26-19)14-9-22-23-10-14/h2-5,7-10,16H,6H2,1H3,(H,22,23)(H,24,27)(H,21,25,26)/t16-/m1/s1. The van der Waals surface area contributed by atoms with Crippen LogP contribution < -0.4 is 5.32 Å². The van der Waals surface area contributed by atoms with Gasteiger partial charge in [-0.3, -0.25) is 9.89 Å². The van der Waals surface area contributed by atoms with Gasteiger partial charge >= 0.3 is 0 Å². The van der Waals surface area contributed by atoms with Crippen molar-refractivity contribution in [1.82, 2.24) is 30.5 Å². The van der Waals surface area contributed by atoms with Crippen LogP contribution in [0.3, 0.4) is 0 Å². The Kier molecular flexibility index (Phi) is 4.37. The Morgan fingerprint density at radius 1 is 1.26 bits per heavy atom. The lowest BCUT2D eigenvalue weighted by Crippen LogP contribution is -2.28. The second kappa shape index (κ2) is 6.99. The zero-order valence-electron chi connectivity index (χ0n) is 14.5. The molecule has 27 heavy (non-hydrogen) atoms. The molecule has 0 aliphatic rings. The molecule has 4 aromatic rings. The van der Waals surface area contributed by atoms with E-state index in [4.69, 9.17) is 0 Å². The Morgan fingerprint density at radius 3 is 2.89 bits per heavy atom. The minimum absolute atomic E-state index is 0.191. The molecule has 0 bridgehead atoms. The largest absolute Gasteiger partial charge is 0.346 e. The SMILES string of the molecule is CC(=O)N[C@H](Cc1cccc(F)c1)c1nc2cc(-c3cn[nH]c3)cnc2[nH]1. The number of imidazole rings is 1. The number of carbonyl (C=O) groups excluding carboxylic acids is 1. The summed E-state index contributed by atoms with van der Waals surface area (Å²) in [4.78, 5) is 23.8. The number of hydrogen-bond acceptors (Lipinski definition) is 4. The number of aromatic amines is 2. The van der Waals surface area contributed by atoms with E-state index in [0.29, 0.717) is 23.4 Å². The third-order valence-electron chi connectivity index (χ3n) is 4.22. The molecule has 0 radical (unpaired) electrons. The number of H-pyrrole nitrogens is 2. The summed E-state index contributed by atoms with van der Waals surface area (Å²) in [6, 6.07) is 7.78. The summed E-state index contributed by atoms with van der Waals surface area (Å²) < 4.78 is 13.5. The number of pyridine rings is 1. The molecular weight excluding hydrogens is 347 g/mol. The van der Waals surface area contributed by atoms with Crippen LogP contribution in [0.1, 0.15) is 24.4 Å². The molecule has 0 spiro atoms. The van der Waals surface area contributed by atoms with Gasteiger partial charge in [-0.1, -0.05) is 12.1 Å². The Balaban J connectivity index is 1.68. The first kappa shape index (κ1) is 16.9. The molecular formula is C19H17FN6O. The summed E-state index contributed by atoms with van der Waals surface area (Å²) >= 11 is 0. The first-order valence-electron chi connectivity index (χ1n) is 8.45. The van der Waals surface area contributed by atoms with Crippen molar-refractivity contribution in [3.63, 3.8) is 0 Å². The van der Waals surface area contributed by atoms with Crippen LogP contribution in [0.25, 0.3) is 22.3 Å². The average Bonchev–Trinajstić information content (AvgIpc) is 3.30. The van der Waals surface area contributed by atoms with Crippen LogP contribution in [0.2, 0.25) is 0 Å². The minimum atomic E-state index is -0.420. The van der Waals surface area contributed by atoms with Gasteiger partial charge in [0.15, 0.2) is 5.65 Å². The van der Waals surface area contributed by atoms with E-state index in [1.807, 2.05) is 12.1 Å². The van der Waals surface area contributed by atoms with Crippen molar-refractivity contribution in [3.8, 4) is 11.1 Å². The zero-order chi connectivity index (χ0) is 18.8. The fourth-order valence-electron chi connectivity index (χ4n) is 3.01. The molecule has 8 heteroatoms. The molecule has 4 rings (SSSR count). The molecule has 0 unspecified atom stereocenters. The molecule has 1 aromatic carbocycles. The van der Waals surface area contributed by atoms with E-state index < -0.39 is 6.04 Å². The maximum Gasteiger partial charge on any atom is 0.217 e. The van der Waals surface area contributed by atoms with Gasteiger partial charge < -0.3 is 10.3 Å². The van der Waals surface area contributed by atoms with E-state index in [9.17, 15) is 9.18 Å². The van der Waals surface area contributed by atoms with E-state index in [0.717, 1.165) is 16.7 Å². The smallest absolute Gasteiger partial charge is 0.217 e. The molecule has 0 saturated carbocycles. The number of aromatic nitrogens is 5. The van der Waals surface area contributed by atoms with E-state index in [-0.39, 0.29) is 11.7 Å². The van der Waals surface area contributed by atoms with E-state index >= 15 is 0 Å². The average molecular weight is 364 g/mol. The first-order valence-corrected chi connectivity index (χ1v) is 8.45. The lowest BCUT2D eigenvalue weighted by molar-refractivity contribution is -0.119. The second-order valence-electron chi connectivity index (χ2n) is 6.29. The quantitative estimate of drug-likeness (QED) is 0.507. The second-order valence-corrected chi connectivity index (χ2v) is 6.29. The van der Waals surface area contributed by atoms with E-state index in [2.05, 4.69) is 30.5 Å². The summed E-state index contributed by atoms with van der Waals surface area (Å²) in [5, 5.41) is 9.58. The maximum absolute atomic E-state index is 13.5. The van der Waals surface area contributed by atoms with Gasteiger partial charge in [0.1, 0.15) is 17.2 Å². The van der Waals surface area contributed by atoms with Gasteiger partial charge in [-0.25, -0.2) is 14.4 Å². The van der Waals surface area contributed by atoms with Crippen LogP contribution in [0.5, 0.6) is 0 Å². The maximum atomic E-state index is 13.5. The van der Waals surface area contributed by atoms with Crippen LogP contribution in [0.4, 0.5) is 4.39 Å². The minimum Gasteiger partial charge on any atom is -0.346 e. The topological polar surface area (TPSA) is 99.3 Å². The summed E-state index contributed by atoms with van der Waals surface area (Å²) in [5.41, 5.74) is 3.86. The Hall–Kier alpha value is -3.55. The monoisotopic (exact) mass is 364 g/mol. The number of benzene rings is 1. The number of halogens is 1. The highest BCUT2D eigenvalue weighted by Crippen LogP contribution is 2.23. The summed E-state index contributed by atoms with van der Waals surface area (Å²) in [6.45, 7) is 1.44. The predicted molar refractivity (Wildman–Crippen MR) is 98.1 cm³/mol. The van der Waals surface area contributed by atoms with Gasteiger partial charge in [0, 0.05) is 30.4 Å². The third kappa shape index (κ3) is 3.69. The molecule has 1 atom stereocenters. The van der Waals surface area contributed by atoms with E-state index in [1.165, 1.54) is 19.1 Å². The molecule has 3 heterocycles. The zero-order valence-corrected chi connectivity index (χ0v) is 14.5. The molecule has 0 fully saturated rings. The van der Waals surface area contributed by atoms with Crippen molar-refractivity contribution in [2.75, 3.05) is 0 Å². The fraction of sp³-hybridized carbons (Fsp3) is 0.158. The highest BCUT2D eigenvalue weighted by Gasteiger charge is 2.19. The Labute approximate surface area is 154 Å². The normalized spacial score (nSPS) is 12.2. The van der Waals surface area contributed by atoms with Gasteiger partial charge in [0.05, 0.1) is 12.2 Å². The lowest BCUT2D eigenvalue weighted by Gasteiger charge is -2.15. The molecule has 3 N–H and O–H groups in total. The third-order valence-corrected chi connectivity index (χ3v) is 4.22. The molecule has 0 aliphatic heterocycles.